The lowest BCUT2D eigenvalue weighted by Crippen LogP contribution is -2.12. The number of anilines is 1. The van der Waals surface area contributed by atoms with Gasteiger partial charge in [-0.3, -0.25) is 9.36 Å². The third-order valence-electron chi connectivity index (χ3n) is 3.04. The van der Waals surface area contributed by atoms with Crippen LogP contribution in [0.5, 0.6) is 5.75 Å². The standard InChI is InChI=1S/C15H13N5O2/c1-22-13-5-3-12(4-6-13)19-15(21)11-2-7-14(16-8-11)20-9-17-18-10-20/h2-10H,1H3,(H,19,21). The Labute approximate surface area is 126 Å². The van der Waals surface area contributed by atoms with E-state index in [1.165, 1.54) is 6.20 Å². The van der Waals surface area contributed by atoms with Crippen LogP contribution < -0.4 is 10.1 Å². The average Bonchev–Trinajstić information content (AvgIpc) is 3.10. The molecular weight excluding hydrogens is 282 g/mol. The van der Waals surface area contributed by atoms with Crippen LogP contribution in [0.15, 0.2) is 55.2 Å². The highest BCUT2D eigenvalue weighted by atomic mass is 16.5. The van der Waals surface area contributed by atoms with E-state index < -0.39 is 0 Å². The van der Waals surface area contributed by atoms with Gasteiger partial charge in [0.15, 0.2) is 0 Å². The molecule has 110 valence electrons. The van der Waals surface area contributed by atoms with E-state index in [0.29, 0.717) is 17.1 Å². The van der Waals surface area contributed by atoms with Crippen LogP contribution in [0.25, 0.3) is 5.82 Å². The van der Waals surface area contributed by atoms with Gasteiger partial charge in [-0.15, -0.1) is 10.2 Å². The van der Waals surface area contributed by atoms with Gasteiger partial charge in [0.2, 0.25) is 0 Å². The summed E-state index contributed by atoms with van der Waals surface area (Å²) in [7, 11) is 1.59. The molecule has 2 heterocycles. The van der Waals surface area contributed by atoms with Crippen LogP contribution in [0.1, 0.15) is 10.4 Å². The van der Waals surface area contributed by atoms with E-state index in [1.54, 1.807) is 60.7 Å². The third kappa shape index (κ3) is 2.93. The van der Waals surface area contributed by atoms with Crippen LogP contribution in [0, 0.1) is 0 Å². The van der Waals surface area contributed by atoms with E-state index >= 15 is 0 Å². The molecule has 0 aliphatic carbocycles. The summed E-state index contributed by atoms with van der Waals surface area (Å²) < 4.78 is 6.73. The summed E-state index contributed by atoms with van der Waals surface area (Å²) in [6.07, 6.45) is 4.59. The van der Waals surface area contributed by atoms with Gasteiger partial charge in [-0.05, 0) is 36.4 Å². The highest BCUT2D eigenvalue weighted by Gasteiger charge is 2.07. The highest BCUT2D eigenvalue weighted by Crippen LogP contribution is 2.16. The van der Waals surface area contributed by atoms with E-state index in [-0.39, 0.29) is 5.91 Å². The highest BCUT2D eigenvalue weighted by molar-refractivity contribution is 6.04. The zero-order valence-corrected chi connectivity index (χ0v) is 11.8. The molecule has 22 heavy (non-hydrogen) atoms. The van der Waals surface area contributed by atoms with Gasteiger partial charge in [0.25, 0.3) is 5.91 Å². The van der Waals surface area contributed by atoms with Crippen molar-refractivity contribution >= 4 is 11.6 Å². The Hall–Kier alpha value is -3.22. The molecule has 0 fully saturated rings. The maximum Gasteiger partial charge on any atom is 0.257 e. The lowest BCUT2D eigenvalue weighted by atomic mass is 10.2. The zero-order valence-electron chi connectivity index (χ0n) is 11.8. The molecular formula is C15H13N5O2. The van der Waals surface area contributed by atoms with Crippen molar-refractivity contribution in [3.8, 4) is 11.6 Å². The number of hydrogen-bond donors (Lipinski definition) is 1. The smallest absolute Gasteiger partial charge is 0.257 e. The number of hydrogen-bond acceptors (Lipinski definition) is 5. The molecule has 0 bridgehead atoms. The molecule has 0 unspecified atom stereocenters. The van der Waals surface area contributed by atoms with Gasteiger partial charge in [-0.25, -0.2) is 4.98 Å². The van der Waals surface area contributed by atoms with Crippen molar-refractivity contribution in [2.24, 2.45) is 0 Å². The Kier molecular flexibility index (Phi) is 3.78. The van der Waals surface area contributed by atoms with Crippen LogP contribution in [-0.4, -0.2) is 32.8 Å². The summed E-state index contributed by atoms with van der Waals surface area (Å²) in [6, 6.07) is 10.5. The number of pyridine rings is 1. The van der Waals surface area contributed by atoms with Gasteiger partial charge in [-0.2, -0.15) is 0 Å². The Morgan fingerprint density at radius 3 is 2.41 bits per heavy atom. The summed E-state index contributed by atoms with van der Waals surface area (Å²) in [4.78, 5) is 16.4. The number of aromatic nitrogens is 4. The predicted molar refractivity (Wildman–Crippen MR) is 80.1 cm³/mol. The minimum absolute atomic E-state index is 0.229. The van der Waals surface area contributed by atoms with E-state index in [0.717, 1.165) is 5.75 Å². The summed E-state index contributed by atoms with van der Waals surface area (Å²) in [5.74, 6) is 1.15. The molecule has 2 aromatic heterocycles. The lowest BCUT2D eigenvalue weighted by Gasteiger charge is -2.07. The second-order valence-corrected chi connectivity index (χ2v) is 4.46. The normalized spacial score (nSPS) is 10.2. The first kappa shape index (κ1) is 13.7. The van der Waals surface area contributed by atoms with Crippen molar-refractivity contribution in [3.05, 3.63) is 60.8 Å². The lowest BCUT2D eigenvalue weighted by molar-refractivity contribution is 0.102. The number of ether oxygens (including phenoxy) is 1. The van der Waals surface area contributed by atoms with E-state index in [1.807, 2.05) is 0 Å². The molecule has 0 aliphatic heterocycles. The maximum absolute atomic E-state index is 12.2. The molecule has 0 radical (unpaired) electrons. The third-order valence-corrected chi connectivity index (χ3v) is 3.04. The Morgan fingerprint density at radius 2 is 1.82 bits per heavy atom. The topological polar surface area (TPSA) is 81.9 Å². The summed E-state index contributed by atoms with van der Waals surface area (Å²) in [5, 5.41) is 10.2. The van der Waals surface area contributed by atoms with Crippen LogP contribution in [0.4, 0.5) is 5.69 Å². The number of nitrogens with zero attached hydrogens (tertiary/aromatic N) is 4. The molecule has 7 heteroatoms. The van der Waals surface area contributed by atoms with Crippen LogP contribution in [0.2, 0.25) is 0 Å². The Morgan fingerprint density at radius 1 is 1.09 bits per heavy atom. The monoisotopic (exact) mass is 295 g/mol. The second kappa shape index (κ2) is 6.04. The van der Waals surface area contributed by atoms with Crippen LogP contribution in [-0.2, 0) is 0 Å². The molecule has 0 saturated carbocycles. The fourth-order valence-electron chi connectivity index (χ4n) is 1.87. The molecule has 0 spiro atoms. The SMILES string of the molecule is COc1ccc(NC(=O)c2ccc(-n3cnnc3)nc2)cc1. The number of amides is 1. The fourth-order valence-corrected chi connectivity index (χ4v) is 1.87. The molecule has 1 N–H and O–H groups in total. The molecule has 1 amide bonds. The molecule has 3 rings (SSSR count). The van der Waals surface area contributed by atoms with Crippen LogP contribution >= 0.6 is 0 Å². The molecule has 0 atom stereocenters. The van der Waals surface area contributed by atoms with Gasteiger partial charge in [0, 0.05) is 11.9 Å². The van der Waals surface area contributed by atoms with Gasteiger partial charge in [0.05, 0.1) is 12.7 Å². The average molecular weight is 295 g/mol. The van der Waals surface area contributed by atoms with Crippen molar-refractivity contribution < 1.29 is 9.53 Å². The van der Waals surface area contributed by atoms with Crippen molar-refractivity contribution in [1.82, 2.24) is 19.7 Å². The number of rotatable bonds is 4. The van der Waals surface area contributed by atoms with E-state index in [2.05, 4.69) is 20.5 Å². The summed E-state index contributed by atoms with van der Waals surface area (Å²) >= 11 is 0. The van der Waals surface area contributed by atoms with Crippen molar-refractivity contribution in [2.75, 3.05) is 12.4 Å². The second-order valence-electron chi connectivity index (χ2n) is 4.46. The minimum Gasteiger partial charge on any atom is -0.497 e. The van der Waals surface area contributed by atoms with Gasteiger partial charge < -0.3 is 10.1 Å². The van der Waals surface area contributed by atoms with Gasteiger partial charge in [-0.1, -0.05) is 0 Å². The zero-order chi connectivity index (χ0) is 15.4. The number of benzene rings is 1. The van der Waals surface area contributed by atoms with Crippen molar-refractivity contribution in [1.29, 1.82) is 0 Å². The molecule has 0 saturated heterocycles. The van der Waals surface area contributed by atoms with Crippen molar-refractivity contribution in [2.45, 2.75) is 0 Å². The first-order valence-corrected chi connectivity index (χ1v) is 6.53. The maximum atomic E-state index is 12.2. The van der Waals surface area contributed by atoms with Gasteiger partial charge >= 0.3 is 0 Å². The quantitative estimate of drug-likeness (QED) is 0.795. The Balaban J connectivity index is 1.71. The molecule has 1 aromatic carbocycles. The minimum atomic E-state index is -0.229. The first-order chi connectivity index (χ1) is 10.8. The van der Waals surface area contributed by atoms with Crippen molar-refractivity contribution in [3.63, 3.8) is 0 Å². The number of nitrogens with one attached hydrogen (secondary N) is 1. The fraction of sp³-hybridized carbons (Fsp3) is 0.0667. The number of carbonyl (C=O) groups excluding carboxylic acids is 1. The Bertz CT molecular complexity index is 752. The summed E-state index contributed by atoms with van der Waals surface area (Å²) in [6.45, 7) is 0. The summed E-state index contributed by atoms with van der Waals surface area (Å²) in [5.41, 5.74) is 1.15. The van der Waals surface area contributed by atoms with E-state index in [9.17, 15) is 4.79 Å². The molecule has 3 aromatic rings. The number of carbonyl (C=O) groups is 1. The first-order valence-electron chi connectivity index (χ1n) is 6.53. The molecule has 7 nitrogen and oxygen atoms in total. The van der Waals surface area contributed by atoms with E-state index in [4.69, 9.17) is 4.74 Å². The molecule has 0 aliphatic rings. The van der Waals surface area contributed by atoms with Gasteiger partial charge in [0.1, 0.15) is 24.2 Å². The number of methoxy groups -OCH3 is 1. The van der Waals surface area contributed by atoms with Crippen LogP contribution in [0.3, 0.4) is 0 Å². The predicted octanol–water partition coefficient (Wildman–Crippen LogP) is 1.92. The largest absolute Gasteiger partial charge is 0.497 e.